The first kappa shape index (κ1) is 21.5. The van der Waals surface area contributed by atoms with Crippen molar-refractivity contribution in [3.63, 3.8) is 0 Å². The second-order valence-electron chi connectivity index (χ2n) is 7.02. The summed E-state index contributed by atoms with van der Waals surface area (Å²) in [5.74, 6) is -0.692. The molecule has 0 unspecified atom stereocenters. The number of fused-ring (bicyclic) bond motifs is 1. The lowest BCUT2D eigenvalue weighted by Crippen LogP contribution is -2.18. The number of aromatic nitrogens is 1. The Bertz CT molecular complexity index is 1220. The van der Waals surface area contributed by atoms with E-state index < -0.39 is 40.8 Å². The van der Waals surface area contributed by atoms with Gasteiger partial charge in [-0.3, -0.25) is 14.8 Å². The molecule has 4 rings (SSSR count). The first-order valence-electron chi connectivity index (χ1n) is 9.23. The van der Waals surface area contributed by atoms with Gasteiger partial charge in [-0.25, -0.2) is 0 Å². The van der Waals surface area contributed by atoms with Crippen molar-refractivity contribution in [2.45, 2.75) is 18.8 Å². The summed E-state index contributed by atoms with van der Waals surface area (Å²) in [5.41, 5.74) is -2.53. The molecule has 2 aromatic carbocycles. The summed E-state index contributed by atoms with van der Waals surface area (Å²) in [6.45, 7) is 0. The number of carbonyl (C=O) groups is 1. The molecule has 1 aliphatic rings. The highest BCUT2D eigenvalue weighted by atomic mass is 19.4. The molecular weight excluding hydrogens is 436 g/mol. The summed E-state index contributed by atoms with van der Waals surface area (Å²) >= 11 is 0. The number of carbonyl (C=O) groups excluding carboxylic acids is 1. The van der Waals surface area contributed by atoms with E-state index in [2.05, 4.69) is 15.3 Å². The van der Waals surface area contributed by atoms with Crippen LogP contribution in [0.3, 0.4) is 0 Å². The third-order valence-electron chi connectivity index (χ3n) is 4.79. The highest BCUT2D eigenvalue weighted by molar-refractivity contribution is 6.17. The lowest BCUT2D eigenvalue weighted by Gasteiger charge is -2.18. The van der Waals surface area contributed by atoms with Crippen molar-refractivity contribution in [3.05, 3.63) is 77.6 Å². The maximum atomic E-state index is 13.3. The predicted molar refractivity (Wildman–Crippen MR) is 106 cm³/mol. The van der Waals surface area contributed by atoms with Crippen LogP contribution in [0.15, 0.2) is 65.9 Å². The molecule has 1 aromatic heterocycles. The average Bonchev–Trinajstić information content (AvgIpc) is 2.90. The second kappa shape index (κ2) is 7.77. The average molecular weight is 449 g/mol. The van der Waals surface area contributed by atoms with Crippen molar-refractivity contribution >= 4 is 23.0 Å². The Kier molecular flexibility index (Phi) is 5.23. The minimum absolute atomic E-state index is 0.125. The minimum Gasteiger partial charge on any atom is -0.324 e. The molecule has 0 radical (unpaired) electrons. The van der Waals surface area contributed by atoms with E-state index in [4.69, 9.17) is 0 Å². The molecule has 0 spiro atoms. The number of nitrogens with zero attached hydrogens (tertiary/aromatic N) is 2. The lowest BCUT2D eigenvalue weighted by molar-refractivity contribution is -0.162. The molecule has 0 saturated carbocycles. The zero-order valence-corrected chi connectivity index (χ0v) is 16.1. The molecule has 32 heavy (non-hydrogen) atoms. The third-order valence-corrected chi connectivity index (χ3v) is 4.79. The number of hydrogen-bond donors (Lipinski definition) is 1. The van der Waals surface area contributed by atoms with E-state index in [1.807, 2.05) is 0 Å². The van der Waals surface area contributed by atoms with Crippen LogP contribution in [0.2, 0.25) is 0 Å². The summed E-state index contributed by atoms with van der Waals surface area (Å²) in [6, 6.07) is 10.9. The topological polar surface area (TPSA) is 54.4 Å². The van der Waals surface area contributed by atoms with Crippen LogP contribution in [0.1, 0.15) is 23.1 Å². The lowest BCUT2D eigenvalue weighted by atomic mass is 10.0. The molecule has 4 nitrogen and oxygen atoms in total. The summed E-state index contributed by atoms with van der Waals surface area (Å²) in [7, 11) is 0. The Balaban J connectivity index is 1.86. The number of halogens is 6. The summed E-state index contributed by atoms with van der Waals surface area (Å²) in [5, 5.41) is 2.23. The van der Waals surface area contributed by atoms with E-state index in [1.165, 1.54) is 0 Å². The van der Waals surface area contributed by atoms with Gasteiger partial charge in [0.05, 0.1) is 34.6 Å². The molecule has 10 heteroatoms. The van der Waals surface area contributed by atoms with Gasteiger partial charge >= 0.3 is 12.4 Å². The van der Waals surface area contributed by atoms with Crippen molar-refractivity contribution in [1.82, 2.24) is 4.98 Å². The Morgan fingerprint density at radius 3 is 2.12 bits per heavy atom. The molecule has 0 aliphatic carbocycles. The zero-order chi connectivity index (χ0) is 23.1. The van der Waals surface area contributed by atoms with Crippen molar-refractivity contribution in [2.24, 2.45) is 4.99 Å². The van der Waals surface area contributed by atoms with Gasteiger partial charge in [-0.2, -0.15) is 26.3 Å². The van der Waals surface area contributed by atoms with E-state index in [0.717, 1.165) is 11.1 Å². The standard InChI is InChI=1S/C22H13F6N3O/c23-21(24,25)15-8-18-19(9-16(15)22(26,27)28)31-20(32)10-17(30-18)13-4-1-3-12(7-13)14-5-2-6-29-11-14/h1-9,11H,10H2,(H,31,32). The molecular formula is C22H13F6N3O. The second-order valence-corrected chi connectivity index (χ2v) is 7.02. The van der Waals surface area contributed by atoms with Gasteiger partial charge < -0.3 is 5.32 Å². The van der Waals surface area contributed by atoms with Gasteiger partial charge in [-0.15, -0.1) is 0 Å². The van der Waals surface area contributed by atoms with Crippen LogP contribution < -0.4 is 5.32 Å². The summed E-state index contributed by atoms with van der Waals surface area (Å²) in [6.07, 6.45) is -7.64. The first-order chi connectivity index (χ1) is 15.0. The minimum atomic E-state index is -5.26. The van der Waals surface area contributed by atoms with Gasteiger partial charge in [-0.05, 0) is 35.4 Å². The fourth-order valence-electron chi connectivity index (χ4n) is 3.36. The quantitative estimate of drug-likeness (QED) is 0.471. The van der Waals surface area contributed by atoms with Gasteiger partial charge in [0.25, 0.3) is 0 Å². The fraction of sp³-hybridized carbons (Fsp3) is 0.136. The Labute approximate surface area is 177 Å². The van der Waals surface area contributed by atoms with E-state index in [9.17, 15) is 31.1 Å². The summed E-state index contributed by atoms with van der Waals surface area (Å²) in [4.78, 5) is 20.5. The molecule has 1 amide bonds. The molecule has 0 saturated heterocycles. The van der Waals surface area contributed by atoms with Crippen LogP contribution in [-0.4, -0.2) is 16.6 Å². The van der Waals surface area contributed by atoms with Crippen molar-refractivity contribution in [3.8, 4) is 11.1 Å². The Morgan fingerprint density at radius 2 is 1.47 bits per heavy atom. The molecule has 2 heterocycles. The Hall–Kier alpha value is -3.69. The van der Waals surface area contributed by atoms with Crippen molar-refractivity contribution in [2.75, 3.05) is 5.32 Å². The van der Waals surface area contributed by atoms with Gasteiger partial charge in [0.15, 0.2) is 0 Å². The van der Waals surface area contributed by atoms with E-state index in [0.29, 0.717) is 11.6 Å². The molecule has 0 bridgehead atoms. The van der Waals surface area contributed by atoms with Crippen LogP contribution in [-0.2, 0) is 17.1 Å². The van der Waals surface area contributed by atoms with E-state index >= 15 is 0 Å². The normalized spacial score (nSPS) is 14.3. The number of alkyl halides is 6. The van der Waals surface area contributed by atoms with Crippen LogP contribution in [0.5, 0.6) is 0 Å². The number of nitrogens with one attached hydrogen (secondary N) is 1. The molecule has 0 atom stereocenters. The maximum Gasteiger partial charge on any atom is 0.417 e. The van der Waals surface area contributed by atoms with Crippen LogP contribution in [0.4, 0.5) is 37.7 Å². The van der Waals surface area contributed by atoms with Gasteiger partial charge in [0.2, 0.25) is 5.91 Å². The van der Waals surface area contributed by atoms with Gasteiger partial charge in [-0.1, -0.05) is 24.3 Å². The van der Waals surface area contributed by atoms with Crippen molar-refractivity contribution < 1.29 is 31.1 Å². The van der Waals surface area contributed by atoms with Crippen LogP contribution >= 0.6 is 0 Å². The predicted octanol–water partition coefficient (Wildman–Crippen LogP) is 6.25. The molecule has 3 aromatic rings. The van der Waals surface area contributed by atoms with Gasteiger partial charge in [0, 0.05) is 18.0 Å². The molecule has 164 valence electrons. The maximum absolute atomic E-state index is 13.3. The number of aliphatic imine (C=N–C) groups is 1. The largest absolute Gasteiger partial charge is 0.417 e. The molecule has 1 N–H and O–H groups in total. The number of amides is 1. The molecule has 0 fully saturated rings. The van der Waals surface area contributed by atoms with Crippen LogP contribution in [0, 0.1) is 0 Å². The fourth-order valence-corrected chi connectivity index (χ4v) is 3.36. The SMILES string of the molecule is O=C1CC(c2cccc(-c3cccnc3)c2)=Nc2cc(C(F)(F)F)c(C(F)(F)F)cc2N1. The number of pyridine rings is 1. The Morgan fingerprint density at radius 1 is 0.812 bits per heavy atom. The molecule has 1 aliphatic heterocycles. The highest BCUT2D eigenvalue weighted by Gasteiger charge is 2.44. The van der Waals surface area contributed by atoms with E-state index in [-0.39, 0.29) is 18.2 Å². The van der Waals surface area contributed by atoms with Gasteiger partial charge in [0.1, 0.15) is 0 Å². The van der Waals surface area contributed by atoms with Crippen LogP contribution in [0.25, 0.3) is 11.1 Å². The number of anilines is 1. The third kappa shape index (κ3) is 4.34. The number of rotatable bonds is 2. The highest BCUT2D eigenvalue weighted by Crippen LogP contribution is 2.45. The monoisotopic (exact) mass is 449 g/mol. The smallest absolute Gasteiger partial charge is 0.324 e. The van der Waals surface area contributed by atoms with E-state index in [1.54, 1.807) is 48.8 Å². The number of benzene rings is 2. The first-order valence-corrected chi connectivity index (χ1v) is 9.23. The summed E-state index contributed by atoms with van der Waals surface area (Å²) < 4.78 is 79.8. The zero-order valence-electron chi connectivity index (χ0n) is 16.1. The number of hydrogen-bond acceptors (Lipinski definition) is 3. The van der Waals surface area contributed by atoms with Crippen molar-refractivity contribution in [1.29, 1.82) is 0 Å².